The molecule has 2 N–H and O–H groups in total. The van der Waals surface area contributed by atoms with E-state index in [1.54, 1.807) is 6.07 Å². The van der Waals surface area contributed by atoms with Gasteiger partial charge in [0.2, 0.25) is 6.41 Å². The van der Waals surface area contributed by atoms with Crippen molar-refractivity contribution in [1.29, 1.82) is 0 Å². The highest BCUT2D eigenvalue weighted by Gasteiger charge is 2.14. The number of carbonyl (C=O) groups is 1. The van der Waals surface area contributed by atoms with Crippen LogP contribution in [0.1, 0.15) is 22.6 Å². The average molecular weight is 331 g/mol. The lowest BCUT2D eigenvalue weighted by Gasteiger charge is -2.18. The second-order valence-electron chi connectivity index (χ2n) is 6.15. The summed E-state index contributed by atoms with van der Waals surface area (Å²) in [6.45, 7) is 0. The van der Waals surface area contributed by atoms with E-state index in [2.05, 4.69) is 35.6 Å². The number of nitrogens with one attached hydrogen (secondary N) is 1. The molecule has 3 rings (SSSR count). The summed E-state index contributed by atoms with van der Waals surface area (Å²) in [4.78, 5) is 10.7. The molecular weight excluding hydrogens is 310 g/mol. The number of carbonyl (C=O) groups excluding carboxylic acids is 1. The monoisotopic (exact) mass is 331 g/mol. The van der Waals surface area contributed by atoms with Crippen molar-refractivity contribution < 1.29 is 9.90 Å². The second kappa shape index (κ2) is 8.15. The van der Waals surface area contributed by atoms with Crippen LogP contribution in [0.4, 0.5) is 5.69 Å². The normalized spacial score (nSPS) is 11.7. The van der Waals surface area contributed by atoms with Gasteiger partial charge in [-0.05, 0) is 59.7 Å². The average Bonchev–Trinajstić information content (AvgIpc) is 2.63. The molecule has 25 heavy (non-hydrogen) atoms. The van der Waals surface area contributed by atoms with Gasteiger partial charge < -0.3 is 10.4 Å². The highest BCUT2D eigenvalue weighted by atomic mass is 16.3. The third kappa shape index (κ3) is 4.70. The zero-order valence-electron chi connectivity index (χ0n) is 13.9. The van der Waals surface area contributed by atoms with E-state index in [9.17, 15) is 9.90 Å². The van der Waals surface area contributed by atoms with Gasteiger partial charge in [0, 0.05) is 5.69 Å². The van der Waals surface area contributed by atoms with Crippen molar-refractivity contribution >= 4 is 12.1 Å². The lowest BCUT2D eigenvalue weighted by Crippen LogP contribution is -2.07. The molecule has 3 aromatic rings. The summed E-state index contributed by atoms with van der Waals surface area (Å²) in [5.41, 5.74) is 4.34. The largest absolute Gasteiger partial charge is 0.508 e. The van der Waals surface area contributed by atoms with Crippen LogP contribution in [0.3, 0.4) is 0 Å². The molecule has 0 aromatic heterocycles. The van der Waals surface area contributed by atoms with Crippen LogP contribution in [-0.4, -0.2) is 11.5 Å². The summed E-state index contributed by atoms with van der Waals surface area (Å²) in [6.07, 6.45) is 2.39. The molecule has 0 saturated carbocycles. The van der Waals surface area contributed by atoms with Crippen molar-refractivity contribution in [1.82, 2.24) is 0 Å². The number of aromatic hydroxyl groups is 1. The molecule has 0 bridgehead atoms. The summed E-state index contributed by atoms with van der Waals surface area (Å²) in [5.74, 6) is 0.580. The standard InChI is InChI=1S/C22H21NO2/c24-16-23-21-10-4-6-17(14-21)12-20(19-8-2-1-3-9-19)13-18-7-5-11-22(25)15-18/h1-11,14-16,20,25H,12-13H2,(H,23,24). The molecule has 0 fully saturated rings. The van der Waals surface area contributed by atoms with Crippen LogP contribution in [0, 0.1) is 0 Å². The van der Waals surface area contributed by atoms with E-state index >= 15 is 0 Å². The van der Waals surface area contributed by atoms with Gasteiger partial charge in [-0.15, -0.1) is 0 Å². The van der Waals surface area contributed by atoms with E-state index in [-0.39, 0.29) is 5.92 Å². The van der Waals surface area contributed by atoms with E-state index in [0.29, 0.717) is 12.2 Å². The van der Waals surface area contributed by atoms with Crippen LogP contribution in [0.5, 0.6) is 5.75 Å². The Morgan fingerprint density at radius 1 is 0.840 bits per heavy atom. The molecule has 3 heteroatoms. The number of anilines is 1. The van der Waals surface area contributed by atoms with Gasteiger partial charge in [-0.3, -0.25) is 4.79 Å². The van der Waals surface area contributed by atoms with Gasteiger partial charge in [-0.25, -0.2) is 0 Å². The van der Waals surface area contributed by atoms with E-state index < -0.39 is 0 Å². The minimum Gasteiger partial charge on any atom is -0.508 e. The summed E-state index contributed by atoms with van der Waals surface area (Å²) in [7, 11) is 0. The predicted molar refractivity (Wildman–Crippen MR) is 101 cm³/mol. The highest BCUT2D eigenvalue weighted by Crippen LogP contribution is 2.27. The van der Waals surface area contributed by atoms with Crippen molar-refractivity contribution in [3.63, 3.8) is 0 Å². The number of phenols is 1. The minimum atomic E-state index is 0.287. The first-order chi connectivity index (χ1) is 12.2. The summed E-state index contributed by atoms with van der Waals surface area (Å²) >= 11 is 0. The molecule has 1 atom stereocenters. The molecule has 0 spiro atoms. The lowest BCUT2D eigenvalue weighted by molar-refractivity contribution is -0.105. The summed E-state index contributed by atoms with van der Waals surface area (Å²) in [6, 6.07) is 25.7. The van der Waals surface area contributed by atoms with Gasteiger partial charge in [0.1, 0.15) is 5.75 Å². The highest BCUT2D eigenvalue weighted by molar-refractivity contribution is 5.71. The topological polar surface area (TPSA) is 49.3 Å². The van der Waals surface area contributed by atoms with Gasteiger partial charge in [-0.2, -0.15) is 0 Å². The van der Waals surface area contributed by atoms with Gasteiger partial charge >= 0.3 is 0 Å². The van der Waals surface area contributed by atoms with Crippen molar-refractivity contribution in [2.45, 2.75) is 18.8 Å². The molecule has 0 aliphatic carbocycles. The number of phenolic OH excluding ortho intramolecular Hbond substituents is 1. The fraction of sp³-hybridized carbons (Fsp3) is 0.136. The molecule has 126 valence electrons. The first-order valence-electron chi connectivity index (χ1n) is 8.36. The lowest BCUT2D eigenvalue weighted by atomic mass is 9.86. The molecule has 0 aliphatic rings. The van der Waals surface area contributed by atoms with Gasteiger partial charge in [0.05, 0.1) is 0 Å². The third-order valence-corrected chi connectivity index (χ3v) is 4.30. The van der Waals surface area contributed by atoms with Crippen molar-refractivity contribution in [3.05, 3.63) is 95.6 Å². The van der Waals surface area contributed by atoms with Crippen LogP contribution in [0.2, 0.25) is 0 Å². The molecule has 0 heterocycles. The fourth-order valence-electron chi connectivity index (χ4n) is 3.14. The Kier molecular flexibility index (Phi) is 5.47. The smallest absolute Gasteiger partial charge is 0.211 e. The molecule has 0 saturated heterocycles. The quantitative estimate of drug-likeness (QED) is 0.625. The maximum Gasteiger partial charge on any atom is 0.211 e. The van der Waals surface area contributed by atoms with E-state index in [1.165, 1.54) is 11.1 Å². The van der Waals surface area contributed by atoms with Crippen LogP contribution in [-0.2, 0) is 17.6 Å². The molecule has 1 amide bonds. The SMILES string of the molecule is O=CNc1cccc(CC(Cc2cccc(O)c2)c2ccccc2)c1. The molecule has 0 radical (unpaired) electrons. The maximum absolute atomic E-state index is 10.7. The van der Waals surface area contributed by atoms with Crippen molar-refractivity contribution in [3.8, 4) is 5.75 Å². The zero-order valence-corrected chi connectivity index (χ0v) is 13.9. The Balaban J connectivity index is 1.86. The van der Waals surface area contributed by atoms with Crippen molar-refractivity contribution in [2.75, 3.05) is 5.32 Å². The van der Waals surface area contributed by atoms with Crippen LogP contribution < -0.4 is 5.32 Å². The zero-order chi connectivity index (χ0) is 17.5. The van der Waals surface area contributed by atoms with Gasteiger partial charge in [0.25, 0.3) is 0 Å². The first kappa shape index (κ1) is 16.8. The van der Waals surface area contributed by atoms with E-state index in [4.69, 9.17) is 0 Å². The number of benzene rings is 3. The number of rotatable bonds is 7. The molecule has 3 aromatic carbocycles. The summed E-state index contributed by atoms with van der Waals surface area (Å²) < 4.78 is 0. The Hall–Kier alpha value is -3.07. The minimum absolute atomic E-state index is 0.287. The number of hydrogen-bond acceptors (Lipinski definition) is 2. The van der Waals surface area contributed by atoms with E-state index in [1.807, 2.05) is 42.5 Å². The Morgan fingerprint density at radius 2 is 1.52 bits per heavy atom. The van der Waals surface area contributed by atoms with E-state index in [0.717, 1.165) is 24.1 Å². The molecule has 1 unspecified atom stereocenters. The second-order valence-corrected chi connectivity index (χ2v) is 6.15. The predicted octanol–water partition coefficient (Wildman–Crippen LogP) is 4.53. The molecular formula is C22H21NO2. The maximum atomic E-state index is 10.7. The summed E-state index contributed by atoms with van der Waals surface area (Å²) in [5, 5.41) is 12.4. The fourth-order valence-corrected chi connectivity index (χ4v) is 3.14. The number of amides is 1. The van der Waals surface area contributed by atoms with Crippen LogP contribution in [0.15, 0.2) is 78.9 Å². The number of hydrogen-bond donors (Lipinski definition) is 2. The Labute approximate surface area is 148 Å². The Bertz CT molecular complexity index is 830. The van der Waals surface area contributed by atoms with Crippen LogP contribution in [0.25, 0.3) is 0 Å². The third-order valence-electron chi connectivity index (χ3n) is 4.30. The molecule has 3 nitrogen and oxygen atoms in total. The van der Waals surface area contributed by atoms with Crippen LogP contribution >= 0.6 is 0 Å². The van der Waals surface area contributed by atoms with Gasteiger partial charge in [-0.1, -0.05) is 54.6 Å². The first-order valence-corrected chi connectivity index (χ1v) is 8.36. The molecule has 0 aliphatic heterocycles. The Morgan fingerprint density at radius 3 is 2.20 bits per heavy atom. The van der Waals surface area contributed by atoms with Crippen molar-refractivity contribution in [2.24, 2.45) is 0 Å². The van der Waals surface area contributed by atoms with Gasteiger partial charge in [0.15, 0.2) is 0 Å².